The van der Waals surface area contributed by atoms with Gasteiger partial charge in [-0.25, -0.2) is 9.59 Å². The molecule has 0 bridgehead atoms. The van der Waals surface area contributed by atoms with Gasteiger partial charge < -0.3 is 19.3 Å². The molecule has 26 heavy (non-hydrogen) atoms. The van der Waals surface area contributed by atoms with Crippen LogP contribution in [0.4, 0.5) is 0 Å². The monoisotopic (exact) mass is 362 g/mol. The van der Waals surface area contributed by atoms with E-state index in [0.29, 0.717) is 24.0 Å². The van der Waals surface area contributed by atoms with Crippen LogP contribution in [0.15, 0.2) is 35.5 Å². The predicted molar refractivity (Wildman–Crippen MR) is 94.1 cm³/mol. The smallest absolute Gasteiger partial charge is 0.334 e. The van der Waals surface area contributed by atoms with Crippen molar-refractivity contribution in [1.82, 2.24) is 0 Å². The number of fused-ring (bicyclic) bond motifs is 2. The van der Waals surface area contributed by atoms with E-state index in [2.05, 4.69) is 6.58 Å². The molecule has 0 aromatic heterocycles. The Morgan fingerprint density at radius 1 is 1.50 bits per heavy atom. The quantitative estimate of drug-likeness (QED) is 0.351. The van der Waals surface area contributed by atoms with Crippen molar-refractivity contribution in [1.29, 1.82) is 0 Å². The molecule has 2 saturated heterocycles. The summed E-state index contributed by atoms with van der Waals surface area (Å²) in [5.41, 5.74) is 0.974. The SMILES string of the molecule is C=C1C(=O)O[C@H]2/C=C(/C)[C@H](O)C[C@H]3O[C@@]3(C)C[C@H](OC(=O)/C(C)=C/C)[C@@H]12. The number of carbonyl (C=O) groups is 2. The lowest BCUT2D eigenvalue weighted by molar-refractivity contribution is -0.148. The molecule has 0 amide bonds. The van der Waals surface area contributed by atoms with Gasteiger partial charge in [0, 0.05) is 24.0 Å². The predicted octanol–water partition coefficient (Wildman–Crippen LogP) is 2.22. The van der Waals surface area contributed by atoms with Crippen molar-refractivity contribution in [2.45, 2.75) is 70.6 Å². The molecule has 1 aliphatic carbocycles. The van der Waals surface area contributed by atoms with Gasteiger partial charge in [-0.1, -0.05) is 12.7 Å². The first-order valence-corrected chi connectivity index (χ1v) is 8.94. The highest BCUT2D eigenvalue weighted by molar-refractivity contribution is 5.92. The number of aliphatic hydroxyl groups is 1. The molecule has 0 aromatic carbocycles. The minimum Gasteiger partial charge on any atom is -0.458 e. The molecule has 6 atom stereocenters. The maximum Gasteiger partial charge on any atom is 0.334 e. The Balaban J connectivity index is 1.98. The van der Waals surface area contributed by atoms with Gasteiger partial charge >= 0.3 is 11.9 Å². The lowest BCUT2D eigenvalue weighted by Crippen LogP contribution is -2.37. The third-order valence-electron chi connectivity index (χ3n) is 5.71. The van der Waals surface area contributed by atoms with Crippen LogP contribution >= 0.6 is 0 Å². The zero-order chi connectivity index (χ0) is 19.2. The summed E-state index contributed by atoms with van der Waals surface area (Å²) in [6, 6.07) is 0. The molecule has 0 aromatic rings. The zero-order valence-electron chi connectivity index (χ0n) is 15.7. The summed E-state index contributed by atoms with van der Waals surface area (Å²) in [6.45, 7) is 11.0. The molecule has 3 rings (SSSR count). The number of carbonyl (C=O) groups excluding carboxylic acids is 2. The molecular weight excluding hydrogens is 336 g/mol. The van der Waals surface area contributed by atoms with E-state index in [0.717, 1.165) is 0 Å². The van der Waals surface area contributed by atoms with E-state index in [1.165, 1.54) is 0 Å². The Labute approximate surface area is 153 Å². The molecule has 2 fully saturated rings. The molecule has 0 saturated carbocycles. The highest BCUT2D eigenvalue weighted by Gasteiger charge is 2.57. The third-order valence-corrected chi connectivity index (χ3v) is 5.71. The van der Waals surface area contributed by atoms with Gasteiger partial charge in [0.15, 0.2) is 0 Å². The van der Waals surface area contributed by atoms with Crippen LogP contribution in [-0.2, 0) is 23.8 Å². The van der Waals surface area contributed by atoms with Crippen LogP contribution < -0.4 is 0 Å². The van der Waals surface area contributed by atoms with E-state index < -0.39 is 41.8 Å². The van der Waals surface area contributed by atoms with E-state index in [9.17, 15) is 14.7 Å². The second-order valence-corrected chi connectivity index (χ2v) is 7.62. The Kier molecular flexibility index (Phi) is 4.84. The van der Waals surface area contributed by atoms with Gasteiger partial charge in [0.05, 0.1) is 23.7 Å². The fraction of sp³-hybridized carbons (Fsp3) is 0.600. The second kappa shape index (κ2) is 6.67. The van der Waals surface area contributed by atoms with Crippen LogP contribution in [0.1, 0.15) is 40.5 Å². The van der Waals surface area contributed by atoms with Gasteiger partial charge in [-0.3, -0.25) is 0 Å². The average Bonchev–Trinajstić information content (AvgIpc) is 3.11. The van der Waals surface area contributed by atoms with Crippen LogP contribution in [0, 0.1) is 5.92 Å². The minimum absolute atomic E-state index is 0.118. The normalized spacial score (nSPS) is 42.1. The Hall–Kier alpha value is -1.92. The standard InChI is InChI=1S/C20H26O6/c1-6-10(2)18(22)25-15-9-20(5)16(26-20)8-13(21)11(3)7-14-17(15)12(4)19(23)24-14/h6-7,13-17,21H,4,8-9H2,1-3,5H3/b10-6+,11-7-/t13-,14+,15+,16-,17+,20+/m1/s1. The molecular formula is C20H26O6. The van der Waals surface area contributed by atoms with Gasteiger partial charge in [-0.2, -0.15) is 0 Å². The molecule has 1 N–H and O–H groups in total. The number of epoxide rings is 1. The lowest BCUT2D eigenvalue weighted by Gasteiger charge is -2.29. The van der Waals surface area contributed by atoms with Crippen molar-refractivity contribution < 1.29 is 28.9 Å². The molecule has 6 heteroatoms. The Morgan fingerprint density at radius 3 is 2.85 bits per heavy atom. The summed E-state index contributed by atoms with van der Waals surface area (Å²) in [6.07, 6.45) is 2.29. The fourth-order valence-electron chi connectivity index (χ4n) is 3.70. The van der Waals surface area contributed by atoms with Crippen molar-refractivity contribution in [2.24, 2.45) is 5.92 Å². The first-order valence-electron chi connectivity index (χ1n) is 8.94. The molecule has 0 radical (unpaired) electrons. The number of hydrogen-bond acceptors (Lipinski definition) is 6. The molecule has 2 heterocycles. The van der Waals surface area contributed by atoms with Crippen molar-refractivity contribution >= 4 is 11.9 Å². The van der Waals surface area contributed by atoms with Gasteiger partial charge in [0.25, 0.3) is 0 Å². The summed E-state index contributed by atoms with van der Waals surface area (Å²) < 4.78 is 17.0. The molecule has 0 unspecified atom stereocenters. The largest absolute Gasteiger partial charge is 0.458 e. The maximum absolute atomic E-state index is 12.4. The molecule has 142 valence electrons. The van der Waals surface area contributed by atoms with Crippen LogP contribution in [0.5, 0.6) is 0 Å². The fourth-order valence-corrected chi connectivity index (χ4v) is 3.70. The summed E-state index contributed by atoms with van der Waals surface area (Å²) in [4.78, 5) is 24.5. The van der Waals surface area contributed by atoms with E-state index in [4.69, 9.17) is 14.2 Å². The number of ether oxygens (including phenoxy) is 3. The van der Waals surface area contributed by atoms with Crippen molar-refractivity contribution in [2.75, 3.05) is 0 Å². The second-order valence-electron chi connectivity index (χ2n) is 7.62. The number of hydrogen-bond donors (Lipinski definition) is 1. The minimum atomic E-state index is -0.667. The maximum atomic E-state index is 12.4. The summed E-state index contributed by atoms with van der Waals surface area (Å²) in [5.74, 6) is -1.43. The average molecular weight is 362 g/mol. The van der Waals surface area contributed by atoms with Crippen molar-refractivity contribution in [3.8, 4) is 0 Å². The van der Waals surface area contributed by atoms with Crippen LogP contribution in [0.2, 0.25) is 0 Å². The van der Waals surface area contributed by atoms with Crippen LogP contribution in [0.3, 0.4) is 0 Å². The molecule has 6 nitrogen and oxygen atoms in total. The lowest BCUT2D eigenvalue weighted by atomic mass is 9.82. The van der Waals surface area contributed by atoms with Crippen LogP contribution in [0.25, 0.3) is 0 Å². The summed E-state index contributed by atoms with van der Waals surface area (Å²) >= 11 is 0. The first-order chi connectivity index (χ1) is 12.2. The van der Waals surface area contributed by atoms with E-state index in [-0.39, 0.29) is 11.7 Å². The topological polar surface area (TPSA) is 85.4 Å². The van der Waals surface area contributed by atoms with E-state index >= 15 is 0 Å². The first kappa shape index (κ1) is 18.9. The van der Waals surface area contributed by atoms with Gasteiger partial charge in [-0.05, 0) is 39.3 Å². The summed E-state index contributed by atoms with van der Waals surface area (Å²) in [7, 11) is 0. The van der Waals surface area contributed by atoms with Crippen molar-refractivity contribution in [3.05, 3.63) is 35.5 Å². The van der Waals surface area contributed by atoms with E-state index in [1.54, 1.807) is 32.9 Å². The third kappa shape index (κ3) is 3.35. The number of allylic oxidation sites excluding steroid dienone is 1. The number of aliphatic hydroxyl groups excluding tert-OH is 1. The van der Waals surface area contributed by atoms with Gasteiger partial charge in [0.2, 0.25) is 0 Å². The highest BCUT2D eigenvalue weighted by Crippen LogP contribution is 2.47. The summed E-state index contributed by atoms with van der Waals surface area (Å²) in [5, 5.41) is 10.4. The van der Waals surface area contributed by atoms with Gasteiger partial charge in [0.1, 0.15) is 12.2 Å². The van der Waals surface area contributed by atoms with Crippen molar-refractivity contribution in [3.63, 3.8) is 0 Å². The van der Waals surface area contributed by atoms with E-state index in [1.807, 2.05) is 6.92 Å². The Morgan fingerprint density at radius 2 is 2.19 bits per heavy atom. The molecule has 0 spiro atoms. The highest BCUT2D eigenvalue weighted by atomic mass is 16.6. The number of esters is 2. The van der Waals surface area contributed by atoms with Crippen LogP contribution in [-0.4, -0.2) is 47.1 Å². The van der Waals surface area contributed by atoms with Gasteiger partial charge in [-0.15, -0.1) is 0 Å². The Bertz CT molecular complexity index is 705. The number of rotatable bonds is 2. The zero-order valence-corrected chi connectivity index (χ0v) is 15.7. The molecule has 2 aliphatic heterocycles. The molecule has 3 aliphatic rings.